The lowest BCUT2D eigenvalue weighted by Gasteiger charge is -2.10. The number of carbonyl (C=O) groups is 1. The molecule has 0 fully saturated rings. The van der Waals surface area contributed by atoms with Crippen molar-refractivity contribution < 1.29 is 4.79 Å². The number of nitrogens with zero attached hydrogens (tertiary/aromatic N) is 3. The van der Waals surface area contributed by atoms with E-state index < -0.39 is 0 Å². The van der Waals surface area contributed by atoms with Crippen LogP contribution in [0.2, 0.25) is 0 Å². The van der Waals surface area contributed by atoms with Gasteiger partial charge in [0.1, 0.15) is 11.5 Å². The second kappa shape index (κ2) is 10.1. The molecule has 0 saturated carbocycles. The molecule has 0 bridgehead atoms. The fourth-order valence-corrected chi connectivity index (χ4v) is 2.82. The Morgan fingerprint density at radius 3 is 2.96 bits per heavy atom. The molecule has 26 heavy (non-hydrogen) atoms. The predicted molar refractivity (Wildman–Crippen MR) is 110 cm³/mol. The van der Waals surface area contributed by atoms with Crippen LogP contribution in [0, 0.1) is 0 Å². The van der Waals surface area contributed by atoms with Crippen LogP contribution in [0.15, 0.2) is 66.1 Å². The molecule has 6 nitrogen and oxygen atoms in total. The normalized spacial score (nSPS) is 12.0. The van der Waals surface area contributed by atoms with Crippen LogP contribution in [-0.2, 0) is 4.79 Å². The predicted octanol–water partition coefficient (Wildman–Crippen LogP) is 3.39. The molecule has 0 radical (unpaired) electrons. The van der Waals surface area contributed by atoms with Crippen LogP contribution in [0.5, 0.6) is 0 Å². The third-order valence-electron chi connectivity index (χ3n) is 3.42. The zero-order valence-corrected chi connectivity index (χ0v) is 15.8. The van der Waals surface area contributed by atoms with Crippen molar-refractivity contribution in [1.82, 2.24) is 14.6 Å². The van der Waals surface area contributed by atoms with Gasteiger partial charge in [0.05, 0.1) is 4.70 Å². The van der Waals surface area contributed by atoms with Crippen LogP contribution in [0.3, 0.4) is 0 Å². The standard InChI is InChI=1S/C19H23N5OS/c1-4-6-11-20-16(14-24(3)5-2)19(25)22-13-12-21-18-15-9-7-8-10-17(15)26-23-18/h4-11,14H,2,12-13H2,1,3H3,(H,21,23)(H,22,25)/b6-4-,16-14-,20-11-. The number of nitrogens with one attached hydrogen (secondary N) is 2. The molecule has 0 aliphatic heterocycles. The first-order chi connectivity index (χ1) is 12.7. The van der Waals surface area contributed by atoms with Gasteiger partial charge in [0, 0.05) is 37.9 Å². The highest BCUT2D eigenvalue weighted by atomic mass is 32.1. The van der Waals surface area contributed by atoms with Crippen molar-refractivity contribution in [2.24, 2.45) is 4.99 Å². The van der Waals surface area contributed by atoms with Gasteiger partial charge in [0.15, 0.2) is 0 Å². The van der Waals surface area contributed by atoms with Crippen molar-refractivity contribution in [3.8, 4) is 0 Å². The van der Waals surface area contributed by atoms with Crippen molar-refractivity contribution >= 4 is 39.6 Å². The van der Waals surface area contributed by atoms with Gasteiger partial charge < -0.3 is 15.5 Å². The zero-order valence-electron chi connectivity index (χ0n) is 15.0. The summed E-state index contributed by atoms with van der Waals surface area (Å²) in [5, 5.41) is 7.20. The monoisotopic (exact) mass is 369 g/mol. The minimum atomic E-state index is -0.246. The molecule has 7 heteroatoms. The van der Waals surface area contributed by atoms with Crippen molar-refractivity contribution in [1.29, 1.82) is 0 Å². The topological polar surface area (TPSA) is 69.6 Å². The molecule has 1 aromatic carbocycles. The molecule has 1 heterocycles. The van der Waals surface area contributed by atoms with E-state index in [0.29, 0.717) is 18.8 Å². The third kappa shape index (κ3) is 5.56. The van der Waals surface area contributed by atoms with E-state index in [4.69, 9.17) is 0 Å². The minimum absolute atomic E-state index is 0.246. The minimum Gasteiger partial charge on any atom is -0.367 e. The second-order valence-electron chi connectivity index (χ2n) is 5.38. The summed E-state index contributed by atoms with van der Waals surface area (Å²) in [4.78, 5) is 18.2. The lowest BCUT2D eigenvalue weighted by molar-refractivity contribution is -0.117. The molecule has 0 unspecified atom stereocenters. The molecule has 0 aliphatic carbocycles. The Morgan fingerprint density at radius 1 is 1.38 bits per heavy atom. The van der Waals surface area contributed by atoms with E-state index in [0.717, 1.165) is 15.9 Å². The van der Waals surface area contributed by atoms with Crippen LogP contribution in [0.1, 0.15) is 6.92 Å². The van der Waals surface area contributed by atoms with E-state index in [1.54, 1.807) is 36.6 Å². The number of rotatable bonds is 9. The van der Waals surface area contributed by atoms with E-state index in [-0.39, 0.29) is 5.91 Å². The Hall–Kier alpha value is -2.93. The average Bonchev–Trinajstić information content (AvgIpc) is 3.07. The Labute approximate surface area is 157 Å². The maximum atomic E-state index is 12.3. The highest BCUT2D eigenvalue weighted by Crippen LogP contribution is 2.25. The van der Waals surface area contributed by atoms with Crippen LogP contribution in [-0.4, -0.2) is 41.5 Å². The largest absolute Gasteiger partial charge is 0.367 e. The number of amides is 1. The molecular formula is C19H23N5OS. The lowest BCUT2D eigenvalue weighted by Crippen LogP contribution is -2.30. The summed E-state index contributed by atoms with van der Waals surface area (Å²) in [7, 11) is 1.79. The summed E-state index contributed by atoms with van der Waals surface area (Å²) in [5.41, 5.74) is 0.310. The fourth-order valence-electron chi connectivity index (χ4n) is 2.07. The number of carbonyl (C=O) groups excluding carboxylic acids is 1. The van der Waals surface area contributed by atoms with Crippen molar-refractivity contribution in [3.63, 3.8) is 0 Å². The van der Waals surface area contributed by atoms with E-state index in [1.807, 2.05) is 37.3 Å². The van der Waals surface area contributed by atoms with E-state index >= 15 is 0 Å². The average molecular weight is 369 g/mol. The Balaban J connectivity index is 1.90. The number of benzene rings is 1. The first kappa shape index (κ1) is 19.4. The highest BCUT2D eigenvalue weighted by molar-refractivity contribution is 7.13. The van der Waals surface area contributed by atoms with Crippen LogP contribution in [0.4, 0.5) is 5.82 Å². The summed E-state index contributed by atoms with van der Waals surface area (Å²) in [6.07, 6.45) is 8.43. The van der Waals surface area contributed by atoms with Crippen molar-refractivity contribution in [2.75, 3.05) is 25.5 Å². The molecule has 1 amide bonds. The summed E-state index contributed by atoms with van der Waals surface area (Å²) in [6.45, 7) is 6.58. The second-order valence-corrected chi connectivity index (χ2v) is 6.18. The first-order valence-electron chi connectivity index (χ1n) is 8.24. The molecule has 2 rings (SSSR count). The molecular weight excluding hydrogens is 346 g/mol. The van der Waals surface area contributed by atoms with Gasteiger partial charge in [-0.1, -0.05) is 24.8 Å². The Bertz CT molecular complexity index is 837. The van der Waals surface area contributed by atoms with E-state index in [2.05, 4.69) is 26.6 Å². The summed E-state index contributed by atoms with van der Waals surface area (Å²) >= 11 is 1.45. The molecule has 2 aromatic rings. The van der Waals surface area contributed by atoms with Crippen molar-refractivity contribution in [3.05, 3.63) is 61.1 Å². The molecule has 0 spiro atoms. The number of anilines is 1. The van der Waals surface area contributed by atoms with Crippen molar-refractivity contribution in [2.45, 2.75) is 6.92 Å². The van der Waals surface area contributed by atoms with Gasteiger partial charge in [0.25, 0.3) is 5.91 Å². The van der Waals surface area contributed by atoms with Crippen LogP contribution >= 0.6 is 11.5 Å². The van der Waals surface area contributed by atoms with Crippen LogP contribution < -0.4 is 10.6 Å². The van der Waals surface area contributed by atoms with Gasteiger partial charge in [-0.2, -0.15) is 4.37 Å². The number of hydrogen-bond donors (Lipinski definition) is 2. The molecule has 1 aromatic heterocycles. The first-order valence-corrected chi connectivity index (χ1v) is 9.01. The number of fused-ring (bicyclic) bond motifs is 1. The Morgan fingerprint density at radius 2 is 2.19 bits per heavy atom. The number of hydrogen-bond acceptors (Lipinski definition) is 6. The van der Waals surface area contributed by atoms with Gasteiger partial charge >= 0.3 is 0 Å². The molecule has 0 aliphatic rings. The molecule has 0 atom stereocenters. The highest BCUT2D eigenvalue weighted by Gasteiger charge is 2.09. The fraction of sp³-hybridized carbons (Fsp3) is 0.211. The summed E-state index contributed by atoms with van der Waals surface area (Å²) in [5.74, 6) is 0.595. The molecule has 136 valence electrons. The van der Waals surface area contributed by atoms with Gasteiger partial charge in [-0.05, 0) is 42.9 Å². The van der Waals surface area contributed by atoms with Gasteiger partial charge in [-0.25, -0.2) is 4.99 Å². The Kier molecular flexibility index (Phi) is 7.57. The van der Waals surface area contributed by atoms with E-state index in [9.17, 15) is 4.79 Å². The zero-order chi connectivity index (χ0) is 18.8. The molecule has 0 saturated heterocycles. The summed E-state index contributed by atoms with van der Waals surface area (Å²) < 4.78 is 5.54. The van der Waals surface area contributed by atoms with Gasteiger partial charge in [-0.3, -0.25) is 4.79 Å². The number of allylic oxidation sites excluding steroid dienone is 2. The van der Waals surface area contributed by atoms with Crippen LogP contribution in [0.25, 0.3) is 10.1 Å². The molecule has 2 N–H and O–H groups in total. The SMILES string of the molecule is C=CN(C)\C=C(/N=C\C=C/C)C(=O)NCCNc1nsc2ccccc12. The summed E-state index contributed by atoms with van der Waals surface area (Å²) in [6, 6.07) is 8.05. The van der Waals surface area contributed by atoms with Gasteiger partial charge in [0.2, 0.25) is 0 Å². The maximum Gasteiger partial charge on any atom is 0.271 e. The third-order valence-corrected chi connectivity index (χ3v) is 4.25. The quantitative estimate of drug-likeness (QED) is 0.404. The lowest BCUT2D eigenvalue weighted by atomic mass is 10.2. The van der Waals surface area contributed by atoms with Gasteiger partial charge in [-0.15, -0.1) is 0 Å². The smallest absolute Gasteiger partial charge is 0.271 e. The van der Waals surface area contributed by atoms with E-state index in [1.165, 1.54) is 11.5 Å². The maximum absolute atomic E-state index is 12.3. The number of aliphatic imine (C=N–C) groups is 1. The number of aromatic nitrogens is 1.